The fourth-order valence-electron chi connectivity index (χ4n) is 0.874. The smallest absolute Gasteiger partial charge is 0.120 e. The van der Waals surface area contributed by atoms with Gasteiger partial charge >= 0.3 is 0 Å². The van der Waals surface area contributed by atoms with Crippen LogP contribution in [0.2, 0.25) is 0 Å². The van der Waals surface area contributed by atoms with E-state index in [1.165, 1.54) is 6.08 Å². The minimum atomic E-state index is 0. The molecule has 0 aromatic heterocycles. The molecule has 0 spiro atoms. The number of carbonyl (C=O) groups excluding carboxylic acids is 1. The summed E-state index contributed by atoms with van der Waals surface area (Å²) in [7, 11) is 0. The van der Waals surface area contributed by atoms with E-state index in [1.807, 2.05) is 57.8 Å². The molecule has 2 aliphatic carbocycles. The molecule has 72 valence electrons. The maximum atomic E-state index is 9.69. The fraction of sp³-hybridized carbons (Fsp3) is 0. The number of hydrogen-bond donors (Lipinski definition) is 0. The predicted octanol–water partition coefficient (Wildman–Crippen LogP) is 1.80. The normalized spacial score (nSPS) is 20.3. The van der Waals surface area contributed by atoms with Gasteiger partial charge in [-0.1, -0.05) is 0 Å². The molecular formula is C12H10FeO. The van der Waals surface area contributed by atoms with Crippen LogP contribution in [0.25, 0.3) is 0 Å². The second-order valence-electron chi connectivity index (χ2n) is 2.44. The molecule has 0 bridgehead atoms. The van der Waals surface area contributed by atoms with Gasteiger partial charge in [-0.15, -0.1) is 0 Å². The molecule has 0 atom stereocenters. The van der Waals surface area contributed by atoms with Crippen molar-refractivity contribution < 1.29 is 21.9 Å². The monoisotopic (exact) mass is 226 g/mol. The summed E-state index contributed by atoms with van der Waals surface area (Å²) in [4.78, 5) is 9.69. The summed E-state index contributed by atoms with van der Waals surface area (Å²) >= 11 is 0. The van der Waals surface area contributed by atoms with Gasteiger partial charge in [0.1, 0.15) is 5.94 Å². The molecule has 2 saturated carbocycles. The van der Waals surface area contributed by atoms with E-state index < -0.39 is 0 Å². The molecule has 0 heterocycles. The number of rotatable bonds is 1. The largest absolute Gasteiger partial charge is 0.234 e. The summed E-state index contributed by atoms with van der Waals surface area (Å²) in [6, 6.07) is 0. The Hall–Kier alpha value is -0.0305. The average molecular weight is 226 g/mol. The second kappa shape index (κ2) is 9.52. The quantitative estimate of drug-likeness (QED) is 0.492. The summed E-state index contributed by atoms with van der Waals surface area (Å²) in [6.07, 6.45) is 18.9. The second-order valence-corrected chi connectivity index (χ2v) is 2.44. The first-order chi connectivity index (χ1) is 6.43. The van der Waals surface area contributed by atoms with Crippen LogP contribution in [-0.4, -0.2) is 5.94 Å². The van der Waals surface area contributed by atoms with Crippen LogP contribution in [-0.2, 0) is 21.9 Å². The van der Waals surface area contributed by atoms with Crippen LogP contribution in [0.3, 0.4) is 0 Å². The maximum Gasteiger partial charge on any atom is 0.120 e. The van der Waals surface area contributed by atoms with Gasteiger partial charge in [-0.25, -0.2) is 4.79 Å². The topological polar surface area (TPSA) is 17.1 Å². The molecular weight excluding hydrogens is 216 g/mol. The molecule has 0 aromatic rings. The predicted molar refractivity (Wildman–Crippen MR) is 52.2 cm³/mol. The van der Waals surface area contributed by atoms with Crippen molar-refractivity contribution in [3.05, 3.63) is 69.8 Å². The van der Waals surface area contributed by atoms with Crippen LogP contribution in [0, 0.1) is 63.7 Å². The van der Waals surface area contributed by atoms with Gasteiger partial charge in [-0.2, -0.15) is 0 Å². The summed E-state index contributed by atoms with van der Waals surface area (Å²) in [5, 5.41) is 0. The Labute approximate surface area is 97.8 Å². The Morgan fingerprint density at radius 3 is 1.64 bits per heavy atom. The molecule has 0 amide bonds. The molecule has 0 N–H and O–H groups in total. The maximum absolute atomic E-state index is 9.69. The van der Waals surface area contributed by atoms with Gasteiger partial charge in [0.05, 0.1) is 0 Å². The van der Waals surface area contributed by atoms with E-state index >= 15 is 0 Å². The molecule has 2 fully saturated rings. The van der Waals surface area contributed by atoms with Crippen LogP contribution in [0.15, 0.2) is 6.08 Å². The Kier molecular flexibility index (Phi) is 9.50. The van der Waals surface area contributed by atoms with E-state index in [-0.39, 0.29) is 17.1 Å². The average Bonchev–Trinajstić information content (AvgIpc) is 2.79. The van der Waals surface area contributed by atoms with Crippen molar-refractivity contribution in [2.75, 3.05) is 0 Å². The van der Waals surface area contributed by atoms with Crippen molar-refractivity contribution in [1.82, 2.24) is 0 Å². The minimum Gasteiger partial charge on any atom is -0.234 e. The number of allylic oxidation sites excluding steroid dienone is 1. The van der Waals surface area contributed by atoms with E-state index in [2.05, 4.69) is 0 Å². The molecule has 2 rings (SSSR count). The van der Waals surface area contributed by atoms with Crippen molar-refractivity contribution in [2.45, 2.75) is 0 Å². The first-order valence-corrected chi connectivity index (χ1v) is 4.03. The Morgan fingerprint density at radius 2 is 1.29 bits per heavy atom. The van der Waals surface area contributed by atoms with E-state index in [0.717, 1.165) is 5.92 Å². The van der Waals surface area contributed by atoms with Crippen molar-refractivity contribution in [1.29, 1.82) is 0 Å². The summed E-state index contributed by atoms with van der Waals surface area (Å²) in [6.45, 7) is 0. The number of hydrogen-bond acceptors (Lipinski definition) is 1. The van der Waals surface area contributed by atoms with Crippen LogP contribution in [0.5, 0.6) is 0 Å². The van der Waals surface area contributed by atoms with Crippen molar-refractivity contribution >= 4 is 5.94 Å². The summed E-state index contributed by atoms with van der Waals surface area (Å²) in [5.74, 6) is 2.61. The molecule has 0 aromatic carbocycles. The molecule has 0 saturated heterocycles. The van der Waals surface area contributed by atoms with E-state index in [4.69, 9.17) is 0 Å². The van der Waals surface area contributed by atoms with Gasteiger partial charge in [0.15, 0.2) is 0 Å². The standard InChI is InChI=1S/C7H5O.C5H5.Fe/c8-6-5-7-3-1-2-4-7;1-2-4-5-3-1;/h1-5H;1-5H;. The van der Waals surface area contributed by atoms with Crippen LogP contribution in [0.4, 0.5) is 0 Å². The zero-order valence-electron chi connectivity index (χ0n) is 7.54. The van der Waals surface area contributed by atoms with Gasteiger partial charge in [0, 0.05) is 29.1 Å². The van der Waals surface area contributed by atoms with Crippen LogP contribution in [0.1, 0.15) is 0 Å². The van der Waals surface area contributed by atoms with Crippen LogP contribution < -0.4 is 0 Å². The third-order valence-electron chi connectivity index (χ3n) is 1.47. The zero-order chi connectivity index (χ0) is 9.36. The van der Waals surface area contributed by atoms with Crippen LogP contribution >= 0.6 is 0 Å². The van der Waals surface area contributed by atoms with E-state index in [0.29, 0.717) is 0 Å². The summed E-state index contributed by atoms with van der Waals surface area (Å²) < 4.78 is 0. The van der Waals surface area contributed by atoms with Gasteiger partial charge in [-0.05, 0) is 57.8 Å². The minimum absolute atomic E-state index is 0. The Morgan fingerprint density at radius 1 is 0.857 bits per heavy atom. The third kappa shape index (κ3) is 6.43. The molecule has 0 unspecified atom stereocenters. The fourth-order valence-corrected chi connectivity index (χ4v) is 0.874. The SMILES string of the molecule is O=C=C[C]1[CH][CH][CH][CH]1.[CH]1[CH][CH][CH][CH]1.[Fe]. The molecule has 2 heteroatoms. The zero-order valence-corrected chi connectivity index (χ0v) is 8.64. The first kappa shape index (κ1) is 14.0. The Balaban J connectivity index is 0.000000246. The Bertz CT molecular complexity index is 156. The van der Waals surface area contributed by atoms with Gasteiger partial charge in [0.2, 0.25) is 0 Å². The third-order valence-corrected chi connectivity index (χ3v) is 1.47. The summed E-state index contributed by atoms with van der Waals surface area (Å²) in [5.41, 5.74) is 0. The van der Waals surface area contributed by atoms with Gasteiger partial charge in [-0.3, -0.25) is 0 Å². The molecule has 2 aliphatic rings. The van der Waals surface area contributed by atoms with Gasteiger partial charge < -0.3 is 0 Å². The van der Waals surface area contributed by atoms with E-state index in [9.17, 15) is 4.79 Å². The van der Waals surface area contributed by atoms with Crippen molar-refractivity contribution in [3.8, 4) is 0 Å². The van der Waals surface area contributed by atoms with Gasteiger partial charge in [0.25, 0.3) is 0 Å². The molecule has 14 heavy (non-hydrogen) atoms. The molecule has 0 aliphatic heterocycles. The molecule has 1 nitrogen and oxygen atoms in total. The molecule has 10 radical (unpaired) electrons. The first-order valence-electron chi connectivity index (χ1n) is 4.03. The van der Waals surface area contributed by atoms with Crippen molar-refractivity contribution in [3.63, 3.8) is 0 Å². The van der Waals surface area contributed by atoms with Crippen molar-refractivity contribution in [2.24, 2.45) is 0 Å². The van der Waals surface area contributed by atoms with E-state index in [1.54, 1.807) is 5.94 Å².